The van der Waals surface area contributed by atoms with Gasteiger partial charge in [0, 0.05) is 11.7 Å². The highest BCUT2D eigenvalue weighted by Gasteiger charge is 2.53. The fourth-order valence-electron chi connectivity index (χ4n) is 1.94. The van der Waals surface area contributed by atoms with Gasteiger partial charge in [0.15, 0.2) is 0 Å². The van der Waals surface area contributed by atoms with E-state index in [0.717, 1.165) is 11.4 Å². The zero-order valence-corrected chi connectivity index (χ0v) is 9.18. The molecule has 0 spiro atoms. The van der Waals surface area contributed by atoms with Crippen molar-refractivity contribution in [2.45, 2.75) is 17.8 Å². The molecule has 2 aliphatic heterocycles. The Labute approximate surface area is 92.2 Å². The third kappa shape index (κ3) is 1.26. The first kappa shape index (κ1) is 9.98. The van der Waals surface area contributed by atoms with Gasteiger partial charge < -0.3 is 10.0 Å². The Morgan fingerprint density at radius 2 is 2.57 bits per heavy atom. The molecule has 0 radical (unpaired) electrons. The predicted molar refractivity (Wildman–Crippen MR) is 60.4 cm³/mol. The van der Waals surface area contributed by atoms with E-state index in [9.17, 15) is 4.79 Å². The van der Waals surface area contributed by atoms with E-state index in [2.05, 4.69) is 6.58 Å². The summed E-state index contributed by atoms with van der Waals surface area (Å²) in [4.78, 5) is 13.5. The number of aliphatic carboxylic acids is 1. The number of fused-ring (bicyclic) bond motifs is 1. The van der Waals surface area contributed by atoms with E-state index in [1.54, 1.807) is 11.8 Å². The fraction of sp³-hybridized carbons (Fsp3) is 0.556. The molecule has 5 heteroatoms. The lowest BCUT2D eigenvalue weighted by Crippen LogP contribution is -2.60. The molecule has 0 aromatic heterocycles. The van der Waals surface area contributed by atoms with Gasteiger partial charge in [0.1, 0.15) is 6.04 Å². The van der Waals surface area contributed by atoms with Crippen molar-refractivity contribution in [2.24, 2.45) is 5.92 Å². The Kier molecular flexibility index (Phi) is 2.53. The lowest BCUT2D eigenvalue weighted by atomic mass is 9.94. The van der Waals surface area contributed by atoms with E-state index in [1.165, 1.54) is 0 Å². The Hall–Kier alpha value is -0.550. The van der Waals surface area contributed by atoms with Crippen molar-refractivity contribution in [3.05, 3.63) is 12.7 Å². The SMILES string of the molecule is C=CCC1C(=S)N2C(C(=O)O)CS[C@@H]12. The van der Waals surface area contributed by atoms with Crippen LogP contribution in [0.3, 0.4) is 0 Å². The molecule has 0 saturated carbocycles. The van der Waals surface area contributed by atoms with Gasteiger partial charge in [0.25, 0.3) is 0 Å². The van der Waals surface area contributed by atoms with Crippen LogP contribution in [0.2, 0.25) is 0 Å². The van der Waals surface area contributed by atoms with Crippen LogP contribution in [-0.4, -0.2) is 38.1 Å². The van der Waals surface area contributed by atoms with Gasteiger partial charge in [-0.15, -0.1) is 18.3 Å². The predicted octanol–water partition coefficient (Wildman–Crippen LogP) is 1.35. The molecule has 2 heterocycles. The molecule has 0 aliphatic carbocycles. The van der Waals surface area contributed by atoms with Crippen LogP contribution in [0.25, 0.3) is 0 Å². The van der Waals surface area contributed by atoms with Gasteiger partial charge in [-0.05, 0) is 6.42 Å². The second-order valence-electron chi connectivity index (χ2n) is 3.45. The zero-order valence-electron chi connectivity index (χ0n) is 7.55. The van der Waals surface area contributed by atoms with Crippen LogP contribution in [0.1, 0.15) is 6.42 Å². The van der Waals surface area contributed by atoms with Crippen LogP contribution < -0.4 is 0 Å². The minimum absolute atomic E-state index is 0.279. The van der Waals surface area contributed by atoms with E-state index in [0.29, 0.717) is 11.7 Å². The number of carboxylic acid groups (broad SMARTS) is 1. The molecule has 0 aromatic rings. The molecule has 2 saturated heterocycles. The molecular formula is C9H11NO2S2. The maximum atomic E-state index is 10.9. The summed E-state index contributed by atoms with van der Waals surface area (Å²) in [5.74, 6) is 0.213. The van der Waals surface area contributed by atoms with Crippen molar-refractivity contribution in [3.63, 3.8) is 0 Å². The van der Waals surface area contributed by atoms with Gasteiger partial charge in [0.05, 0.1) is 10.4 Å². The quantitative estimate of drug-likeness (QED) is 0.584. The van der Waals surface area contributed by atoms with Crippen molar-refractivity contribution >= 4 is 34.9 Å². The number of thiocarbonyl (C=S) groups is 1. The van der Waals surface area contributed by atoms with Gasteiger partial charge in [-0.3, -0.25) is 0 Å². The van der Waals surface area contributed by atoms with Crippen LogP contribution in [0.15, 0.2) is 12.7 Å². The second-order valence-corrected chi connectivity index (χ2v) is 5.02. The number of hydrogen-bond acceptors (Lipinski definition) is 3. The topological polar surface area (TPSA) is 40.5 Å². The first-order valence-electron chi connectivity index (χ1n) is 4.44. The van der Waals surface area contributed by atoms with Crippen molar-refractivity contribution < 1.29 is 9.90 Å². The van der Waals surface area contributed by atoms with E-state index < -0.39 is 12.0 Å². The van der Waals surface area contributed by atoms with Gasteiger partial charge in [-0.25, -0.2) is 4.79 Å². The van der Waals surface area contributed by atoms with E-state index >= 15 is 0 Å². The van der Waals surface area contributed by atoms with Crippen LogP contribution in [0, 0.1) is 5.92 Å². The molecule has 2 aliphatic rings. The first-order valence-corrected chi connectivity index (χ1v) is 5.90. The summed E-state index contributed by atoms with van der Waals surface area (Å²) < 4.78 is 0. The smallest absolute Gasteiger partial charge is 0.327 e. The van der Waals surface area contributed by atoms with Crippen molar-refractivity contribution in [2.75, 3.05) is 5.75 Å². The second kappa shape index (κ2) is 3.55. The molecule has 3 nitrogen and oxygen atoms in total. The molecule has 2 rings (SSSR count). The number of hydrogen-bond donors (Lipinski definition) is 1. The Morgan fingerprint density at radius 3 is 3.14 bits per heavy atom. The monoisotopic (exact) mass is 229 g/mol. The molecule has 2 unspecified atom stereocenters. The van der Waals surface area contributed by atoms with E-state index in [4.69, 9.17) is 17.3 Å². The first-order chi connectivity index (χ1) is 6.66. The summed E-state index contributed by atoms with van der Waals surface area (Å²) in [6, 6.07) is -0.404. The maximum Gasteiger partial charge on any atom is 0.327 e. The Bertz CT molecular complexity index is 305. The van der Waals surface area contributed by atoms with Crippen LogP contribution in [-0.2, 0) is 4.79 Å². The standard InChI is InChI=1S/C9H11NO2S2/c1-2-3-5-7(13)10-6(9(11)12)4-14-8(5)10/h2,5-6,8H,1,3-4H2,(H,11,12)/t5?,6?,8-/m0/s1. The minimum atomic E-state index is -0.764. The van der Waals surface area contributed by atoms with Gasteiger partial charge in [0.2, 0.25) is 0 Å². The van der Waals surface area contributed by atoms with Gasteiger partial charge >= 0.3 is 5.97 Å². The number of thioether (sulfide) groups is 1. The van der Waals surface area contributed by atoms with E-state index in [1.807, 2.05) is 11.0 Å². The third-order valence-electron chi connectivity index (χ3n) is 2.66. The van der Waals surface area contributed by atoms with Crippen LogP contribution in [0.5, 0.6) is 0 Å². The summed E-state index contributed by atoms with van der Waals surface area (Å²) in [5, 5.41) is 9.21. The van der Waals surface area contributed by atoms with Crippen LogP contribution in [0.4, 0.5) is 0 Å². The molecule has 76 valence electrons. The summed E-state index contributed by atoms with van der Waals surface area (Å²) in [6.07, 6.45) is 2.71. The summed E-state index contributed by atoms with van der Waals surface area (Å²) in [5.41, 5.74) is 0. The molecule has 2 fully saturated rings. The molecule has 0 aromatic carbocycles. The Balaban J connectivity index is 2.08. The van der Waals surface area contributed by atoms with E-state index in [-0.39, 0.29) is 5.37 Å². The summed E-state index contributed by atoms with van der Waals surface area (Å²) in [6.45, 7) is 3.68. The Morgan fingerprint density at radius 1 is 1.86 bits per heavy atom. The average Bonchev–Trinajstić information content (AvgIpc) is 2.54. The molecule has 3 atom stereocenters. The highest BCUT2D eigenvalue weighted by atomic mass is 32.2. The highest BCUT2D eigenvalue weighted by Crippen LogP contribution is 2.45. The normalized spacial score (nSPS) is 35.0. The molecule has 14 heavy (non-hydrogen) atoms. The lowest BCUT2D eigenvalue weighted by Gasteiger charge is -2.46. The average molecular weight is 229 g/mol. The fourth-order valence-corrected chi connectivity index (χ4v) is 4.13. The van der Waals surface area contributed by atoms with Crippen LogP contribution >= 0.6 is 24.0 Å². The molecule has 1 N–H and O–H groups in total. The number of rotatable bonds is 3. The van der Waals surface area contributed by atoms with Gasteiger partial charge in [-0.2, -0.15) is 0 Å². The van der Waals surface area contributed by atoms with Crippen molar-refractivity contribution in [1.82, 2.24) is 4.90 Å². The molecular weight excluding hydrogens is 218 g/mol. The zero-order chi connectivity index (χ0) is 10.3. The molecule has 0 bridgehead atoms. The number of allylic oxidation sites excluding steroid dienone is 1. The lowest BCUT2D eigenvalue weighted by molar-refractivity contribution is -0.141. The largest absolute Gasteiger partial charge is 0.480 e. The maximum absolute atomic E-state index is 10.9. The number of carbonyl (C=O) groups is 1. The summed E-state index contributed by atoms with van der Waals surface area (Å²) in [7, 11) is 0. The molecule has 0 amide bonds. The summed E-state index contributed by atoms with van der Waals surface area (Å²) >= 11 is 6.90. The number of nitrogens with zero attached hydrogens (tertiary/aromatic N) is 1. The minimum Gasteiger partial charge on any atom is -0.480 e. The third-order valence-corrected chi connectivity index (χ3v) is 4.58. The van der Waals surface area contributed by atoms with Crippen molar-refractivity contribution in [3.8, 4) is 0 Å². The van der Waals surface area contributed by atoms with Crippen molar-refractivity contribution in [1.29, 1.82) is 0 Å². The highest BCUT2D eigenvalue weighted by molar-refractivity contribution is 8.00. The number of carboxylic acids is 1. The van der Waals surface area contributed by atoms with Gasteiger partial charge in [-0.1, -0.05) is 18.3 Å².